The van der Waals surface area contributed by atoms with Gasteiger partial charge >= 0.3 is 0 Å². The lowest BCUT2D eigenvalue weighted by molar-refractivity contribution is -0.123. The highest BCUT2D eigenvalue weighted by atomic mass is 32.2. The predicted octanol–water partition coefficient (Wildman–Crippen LogP) is 2.65. The van der Waals surface area contributed by atoms with E-state index >= 15 is 0 Å². The predicted molar refractivity (Wildman–Crippen MR) is 88.6 cm³/mol. The normalized spacial score (nSPS) is 30.9. The van der Waals surface area contributed by atoms with E-state index in [0.29, 0.717) is 5.71 Å². The van der Waals surface area contributed by atoms with E-state index in [2.05, 4.69) is 23.8 Å². The Bertz CT molecular complexity index is 794. The number of rotatable bonds is 3. The minimum absolute atomic E-state index is 0.0146. The van der Waals surface area contributed by atoms with Gasteiger partial charge < -0.3 is 0 Å². The third-order valence-electron chi connectivity index (χ3n) is 5.91. The van der Waals surface area contributed by atoms with Gasteiger partial charge in [-0.2, -0.15) is 18.4 Å². The SMILES string of the molecule is Cc1ccc(S(=O)(=O)N/N=C2/C(=O)[C@]3(C)CC[C@@H]2C3(C)C)cc1. The second-order valence-electron chi connectivity index (χ2n) is 7.38. The molecule has 0 spiro atoms. The maximum atomic E-state index is 12.6. The van der Waals surface area contributed by atoms with Gasteiger partial charge in [-0.3, -0.25) is 4.79 Å². The number of carbonyl (C=O) groups excluding carboxylic acids is 1. The summed E-state index contributed by atoms with van der Waals surface area (Å²) in [5, 5.41) is 4.03. The monoisotopic (exact) mass is 334 g/mol. The molecule has 2 aliphatic rings. The Morgan fingerprint density at radius 3 is 2.30 bits per heavy atom. The molecule has 0 radical (unpaired) electrons. The molecule has 1 aromatic carbocycles. The van der Waals surface area contributed by atoms with Crippen molar-refractivity contribution in [2.24, 2.45) is 21.8 Å². The minimum atomic E-state index is -3.75. The van der Waals surface area contributed by atoms with Crippen molar-refractivity contribution in [3.63, 3.8) is 0 Å². The van der Waals surface area contributed by atoms with Crippen LogP contribution in [-0.2, 0) is 14.8 Å². The summed E-state index contributed by atoms with van der Waals surface area (Å²) in [6, 6.07) is 6.53. The number of Topliss-reactive ketones (excluding diaryl/α,β-unsaturated/α-hetero) is 1. The number of hydrogen-bond acceptors (Lipinski definition) is 4. The summed E-state index contributed by atoms with van der Waals surface area (Å²) in [6.07, 6.45) is 1.72. The zero-order valence-electron chi connectivity index (χ0n) is 13.9. The van der Waals surface area contributed by atoms with Gasteiger partial charge in [-0.15, -0.1) is 0 Å². The van der Waals surface area contributed by atoms with Gasteiger partial charge in [0.25, 0.3) is 10.0 Å². The van der Waals surface area contributed by atoms with Crippen LogP contribution in [-0.4, -0.2) is 19.9 Å². The van der Waals surface area contributed by atoms with Gasteiger partial charge in [-0.1, -0.05) is 38.5 Å². The second-order valence-corrected chi connectivity index (χ2v) is 9.04. The first-order valence-electron chi connectivity index (χ1n) is 7.80. The Morgan fingerprint density at radius 2 is 1.78 bits per heavy atom. The lowest BCUT2D eigenvalue weighted by Gasteiger charge is -2.31. The van der Waals surface area contributed by atoms with Gasteiger partial charge in [0.2, 0.25) is 0 Å². The van der Waals surface area contributed by atoms with E-state index in [1.807, 2.05) is 13.8 Å². The summed E-state index contributed by atoms with van der Waals surface area (Å²) >= 11 is 0. The lowest BCUT2D eigenvalue weighted by Crippen LogP contribution is -2.34. The first kappa shape index (κ1) is 16.2. The van der Waals surface area contributed by atoms with Crippen LogP contribution in [0.2, 0.25) is 0 Å². The van der Waals surface area contributed by atoms with E-state index < -0.39 is 15.4 Å². The van der Waals surface area contributed by atoms with Gasteiger partial charge in [0.05, 0.1) is 4.90 Å². The topological polar surface area (TPSA) is 75.6 Å². The number of nitrogens with zero attached hydrogens (tertiary/aromatic N) is 1. The molecule has 1 aromatic rings. The van der Waals surface area contributed by atoms with Crippen LogP contribution < -0.4 is 4.83 Å². The maximum absolute atomic E-state index is 12.6. The molecule has 124 valence electrons. The van der Waals surface area contributed by atoms with Crippen LogP contribution >= 0.6 is 0 Å². The summed E-state index contributed by atoms with van der Waals surface area (Å²) in [6.45, 7) is 7.99. The average Bonchev–Trinajstić information content (AvgIpc) is 2.78. The number of fused-ring (bicyclic) bond motifs is 2. The molecule has 3 rings (SSSR count). The van der Waals surface area contributed by atoms with Crippen LogP contribution in [0.1, 0.15) is 39.2 Å². The molecule has 0 aromatic heterocycles. The zero-order valence-corrected chi connectivity index (χ0v) is 14.7. The van der Waals surface area contributed by atoms with Crippen molar-refractivity contribution in [2.45, 2.75) is 45.4 Å². The van der Waals surface area contributed by atoms with Crippen LogP contribution in [0.3, 0.4) is 0 Å². The van der Waals surface area contributed by atoms with E-state index in [4.69, 9.17) is 0 Å². The molecule has 0 unspecified atom stereocenters. The first-order valence-corrected chi connectivity index (χ1v) is 9.29. The van der Waals surface area contributed by atoms with E-state index in [1.54, 1.807) is 12.1 Å². The van der Waals surface area contributed by atoms with Gasteiger partial charge in [-0.05, 0) is 37.3 Å². The van der Waals surface area contributed by atoms with Crippen LogP contribution in [0.5, 0.6) is 0 Å². The molecule has 0 amide bonds. The van der Waals surface area contributed by atoms with Crippen molar-refractivity contribution < 1.29 is 13.2 Å². The van der Waals surface area contributed by atoms with Crippen molar-refractivity contribution in [2.75, 3.05) is 0 Å². The summed E-state index contributed by atoms with van der Waals surface area (Å²) in [5.41, 5.74) is 0.733. The van der Waals surface area contributed by atoms with E-state index in [9.17, 15) is 13.2 Å². The van der Waals surface area contributed by atoms with Crippen LogP contribution in [0, 0.1) is 23.7 Å². The Hall–Kier alpha value is -1.69. The van der Waals surface area contributed by atoms with Gasteiger partial charge in [0.1, 0.15) is 5.71 Å². The van der Waals surface area contributed by atoms with Crippen molar-refractivity contribution in [1.29, 1.82) is 0 Å². The Balaban J connectivity index is 1.89. The largest absolute Gasteiger partial charge is 0.292 e. The number of benzene rings is 1. The Morgan fingerprint density at radius 1 is 1.17 bits per heavy atom. The van der Waals surface area contributed by atoms with Crippen molar-refractivity contribution in [3.8, 4) is 0 Å². The molecule has 5 nitrogen and oxygen atoms in total. The number of carbonyl (C=O) groups is 1. The fourth-order valence-electron chi connectivity index (χ4n) is 3.83. The number of hydrazone groups is 1. The first-order chi connectivity index (χ1) is 10.6. The number of nitrogens with one attached hydrogen (secondary N) is 1. The quantitative estimate of drug-likeness (QED) is 0.864. The standard InChI is InChI=1S/C17H22N2O3S/c1-11-5-7-12(8-6-11)23(21,22)19-18-14-13-9-10-17(4,15(14)20)16(13,2)3/h5-8,13,19H,9-10H2,1-4H3/b18-14+/t13-,17-/m0/s1. The number of sulfonamides is 1. The van der Waals surface area contributed by atoms with E-state index in [0.717, 1.165) is 18.4 Å². The van der Waals surface area contributed by atoms with Crippen molar-refractivity contribution >= 4 is 21.5 Å². The highest BCUT2D eigenvalue weighted by Gasteiger charge is 2.65. The van der Waals surface area contributed by atoms with Gasteiger partial charge in [-0.25, -0.2) is 0 Å². The highest BCUT2D eigenvalue weighted by molar-refractivity contribution is 7.89. The third-order valence-corrected chi connectivity index (χ3v) is 7.13. The van der Waals surface area contributed by atoms with Crippen LogP contribution in [0.4, 0.5) is 0 Å². The molecule has 0 heterocycles. The van der Waals surface area contributed by atoms with Crippen molar-refractivity contribution in [3.05, 3.63) is 29.8 Å². The Labute approximate surface area is 137 Å². The highest BCUT2D eigenvalue weighted by Crippen LogP contribution is 2.62. The molecule has 2 saturated carbocycles. The summed E-state index contributed by atoms with van der Waals surface area (Å²) in [7, 11) is -3.75. The molecule has 2 aliphatic carbocycles. The second kappa shape index (κ2) is 4.90. The third kappa shape index (κ3) is 2.23. The molecule has 6 heteroatoms. The molecule has 2 bridgehead atoms. The minimum Gasteiger partial charge on any atom is -0.292 e. The summed E-state index contributed by atoms with van der Waals surface area (Å²) in [5.74, 6) is -0.00826. The fraction of sp³-hybridized carbons (Fsp3) is 0.529. The maximum Gasteiger partial charge on any atom is 0.276 e. The Kier molecular flexibility index (Phi) is 3.45. The molecule has 1 N–H and O–H groups in total. The van der Waals surface area contributed by atoms with Crippen LogP contribution in [0.15, 0.2) is 34.3 Å². The molecule has 0 aliphatic heterocycles. The number of ketones is 1. The molecule has 0 saturated heterocycles. The van der Waals surface area contributed by atoms with E-state index in [1.165, 1.54) is 12.1 Å². The lowest BCUT2D eigenvalue weighted by atomic mass is 9.70. The van der Waals surface area contributed by atoms with E-state index in [-0.39, 0.29) is 22.0 Å². The summed E-state index contributed by atoms with van der Waals surface area (Å²) in [4.78, 5) is 15.0. The smallest absolute Gasteiger partial charge is 0.276 e. The number of aryl methyl sites for hydroxylation is 1. The van der Waals surface area contributed by atoms with Gasteiger partial charge in [0.15, 0.2) is 5.78 Å². The average molecular weight is 334 g/mol. The van der Waals surface area contributed by atoms with Gasteiger partial charge in [0, 0.05) is 11.3 Å². The van der Waals surface area contributed by atoms with Crippen molar-refractivity contribution in [1.82, 2.24) is 4.83 Å². The molecule has 2 fully saturated rings. The zero-order chi connectivity index (χ0) is 17.0. The van der Waals surface area contributed by atoms with Crippen LogP contribution in [0.25, 0.3) is 0 Å². The molecule has 23 heavy (non-hydrogen) atoms. The fourth-order valence-corrected chi connectivity index (χ4v) is 4.65. The molecule has 2 atom stereocenters. The summed E-state index contributed by atoms with van der Waals surface area (Å²) < 4.78 is 24.6. The molecular weight excluding hydrogens is 312 g/mol. The number of hydrogen-bond donors (Lipinski definition) is 1. The molecular formula is C17H22N2O3S.